The van der Waals surface area contributed by atoms with Crippen LogP contribution in [0.1, 0.15) is 18.1 Å². The Bertz CT molecular complexity index is 841. The number of guanidine groups is 1. The molecule has 10 heteroatoms. The molecular formula is C17H25FIN5O2S. The van der Waals surface area contributed by atoms with Gasteiger partial charge in [0, 0.05) is 38.3 Å². The Balaban J connectivity index is 0.00000364. The molecule has 0 atom stereocenters. The van der Waals surface area contributed by atoms with Crippen LogP contribution in [0.4, 0.5) is 4.39 Å². The zero-order valence-electron chi connectivity index (χ0n) is 15.4. The van der Waals surface area contributed by atoms with Gasteiger partial charge in [-0.25, -0.2) is 22.8 Å². The molecule has 0 aliphatic carbocycles. The molecule has 0 spiro atoms. The summed E-state index contributed by atoms with van der Waals surface area (Å²) in [5.41, 5.74) is 1.12. The van der Waals surface area contributed by atoms with Gasteiger partial charge >= 0.3 is 0 Å². The molecule has 150 valence electrons. The van der Waals surface area contributed by atoms with Gasteiger partial charge in [0.05, 0.1) is 18.6 Å². The summed E-state index contributed by atoms with van der Waals surface area (Å²) in [5.74, 6) is 0.0376. The fraction of sp³-hybridized carbons (Fsp3) is 0.412. The summed E-state index contributed by atoms with van der Waals surface area (Å²) in [6.45, 7) is 4.18. The van der Waals surface area contributed by atoms with Crippen molar-refractivity contribution in [3.8, 4) is 0 Å². The molecule has 0 bridgehead atoms. The first kappa shape index (κ1) is 23.3. The maximum Gasteiger partial charge on any atom is 0.191 e. The van der Waals surface area contributed by atoms with Crippen LogP contribution in [0, 0.1) is 5.82 Å². The molecule has 0 aliphatic rings. The lowest BCUT2D eigenvalue weighted by molar-refractivity contribution is 0.600. The van der Waals surface area contributed by atoms with Gasteiger partial charge in [-0.05, 0) is 30.2 Å². The molecule has 2 aromatic rings. The molecule has 2 rings (SSSR count). The third-order valence-electron chi connectivity index (χ3n) is 3.56. The smallest absolute Gasteiger partial charge is 0.191 e. The lowest BCUT2D eigenvalue weighted by Gasteiger charge is -2.12. The fourth-order valence-corrected chi connectivity index (χ4v) is 3.24. The molecule has 0 amide bonds. The van der Waals surface area contributed by atoms with Crippen molar-refractivity contribution in [1.82, 2.24) is 20.2 Å². The number of hydrogen-bond acceptors (Lipinski definition) is 4. The van der Waals surface area contributed by atoms with Crippen molar-refractivity contribution in [3.63, 3.8) is 0 Å². The zero-order chi connectivity index (χ0) is 19.0. The van der Waals surface area contributed by atoms with Crippen molar-refractivity contribution >= 4 is 39.8 Å². The summed E-state index contributed by atoms with van der Waals surface area (Å²) in [6, 6.07) is 4.10. The highest BCUT2D eigenvalue weighted by atomic mass is 127. The number of aliphatic imine (C=N–C) groups is 1. The molecule has 0 saturated heterocycles. The van der Waals surface area contributed by atoms with E-state index in [1.165, 1.54) is 18.2 Å². The van der Waals surface area contributed by atoms with E-state index in [0.29, 0.717) is 30.2 Å². The monoisotopic (exact) mass is 509 g/mol. The molecule has 1 aromatic carbocycles. The van der Waals surface area contributed by atoms with Crippen LogP contribution in [-0.2, 0) is 28.7 Å². The highest BCUT2D eigenvalue weighted by Gasteiger charge is 2.10. The van der Waals surface area contributed by atoms with Crippen LogP contribution in [0.2, 0.25) is 0 Å². The van der Waals surface area contributed by atoms with E-state index >= 15 is 0 Å². The van der Waals surface area contributed by atoms with Gasteiger partial charge in [-0.3, -0.25) is 0 Å². The number of nitrogens with zero attached hydrogens (tertiary/aromatic N) is 3. The van der Waals surface area contributed by atoms with Gasteiger partial charge < -0.3 is 15.2 Å². The largest absolute Gasteiger partial charge is 0.357 e. The minimum absolute atomic E-state index is 0. The number of rotatable bonds is 8. The normalized spacial score (nSPS) is 11.7. The Hall–Kier alpha value is -1.69. The molecule has 1 heterocycles. The van der Waals surface area contributed by atoms with E-state index in [9.17, 15) is 12.8 Å². The van der Waals surface area contributed by atoms with Crippen LogP contribution in [-0.4, -0.2) is 43.3 Å². The summed E-state index contributed by atoms with van der Waals surface area (Å²) in [6.07, 6.45) is 6.48. The van der Waals surface area contributed by atoms with Crippen molar-refractivity contribution in [2.24, 2.45) is 4.99 Å². The highest BCUT2D eigenvalue weighted by molar-refractivity contribution is 14.0. The van der Waals surface area contributed by atoms with E-state index in [2.05, 4.69) is 20.6 Å². The van der Waals surface area contributed by atoms with Gasteiger partial charge in [-0.1, -0.05) is 6.07 Å². The topological polar surface area (TPSA) is 88.4 Å². The summed E-state index contributed by atoms with van der Waals surface area (Å²) >= 11 is 0. The van der Waals surface area contributed by atoms with Crippen molar-refractivity contribution in [2.75, 3.05) is 19.3 Å². The quantitative estimate of drug-likeness (QED) is 0.323. The molecule has 1 aromatic heterocycles. The highest BCUT2D eigenvalue weighted by Crippen LogP contribution is 2.15. The van der Waals surface area contributed by atoms with E-state index < -0.39 is 15.7 Å². The van der Waals surface area contributed by atoms with E-state index in [0.717, 1.165) is 12.8 Å². The van der Waals surface area contributed by atoms with Crippen LogP contribution >= 0.6 is 24.0 Å². The third kappa shape index (κ3) is 8.69. The molecule has 0 unspecified atom stereocenters. The average molecular weight is 509 g/mol. The second-order valence-electron chi connectivity index (χ2n) is 5.91. The van der Waals surface area contributed by atoms with Gasteiger partial charge in [0.25, 0.3) is 0 Å². The first-order chi connectivity index (χ1) is 12.4. The predicted octanol–water partition coefficient (Wildman–Crippen LogP) is 1.94. The number of hydrogen-bond donors (Lipinski definition) is 2. The SMILES string of the molecule is CCNC(=NCc1cc(F)ccc1CS(C)(=O)=O)NCCn1ccnc1.I. The maximum atomic E-state index is 13.6. The van der Waals surface area contributed by atoms with Gasteiger partial charge in [-0.2, -0.15) is 0 Å². The van der Waals surface area contributed by atoms with E-state index in [1.807, 2.05) is 17.7 Å². The summed E-state index contributed by atoms with van der Waals surface area (Å²) in [4.78, 5) is 8.43. The Morgan fingerprint density at radius 3 is 2.70 bits per heavy atom. The van der Waals surface area contributed by atoms with Crippen LogP contribution in [0.25, 0.3) is 0 Å². The predicted molar refractivity (Wildman–Crippen MR) is 115 cm³/mol. The van der Waals surface area contributed by atoms with Crippen molar-refractivity contribution < 1.29 is 12.8 Å². The number of aromatic nitrogens is 2. The van der Waals surface area contributed by atoms with Gasteiger partial charge in [0.2, 0.25) is 0 Å². The Morgan fingerprint density at radius 2 is 2.07 bits per heavy atom. The van der Waals surface area contributed by atoms with Crippen LogP contribution in [0.3, 0.4) is 0 Å². The van der Waals surface area contributed by atoms with Crippen LogP contribution in [0.5, 0.6) is 0 Å². The zero-order valence-corrected chi connectivity index (χ0v) is 18.5. The minimum Gasteiger partial charge on any atom is -0.357 e. The van der Waals surface area contributed by atoms with Crippen molar-refractivity contribution in [1.29, 1.82) is 0 Å². The molecule has 7 nitrogen and oxygen atoms in total. The van der Waals surface area contributed by atoms with E-state index in [-0.39, 0.29) is 36.3 Å². The summed E-state index contributed by atoms with van der Waals surface area (Å²) in [7, 11) is -3.21. The van der Waals surface area contributed by atoms with E-state index in [4.69, 9.17) is 0 Å². The van der Waals surface area contributed by atoms with Gasteiger partial charge in [0.15, 0.2) is 15.8 Å². The minimum atomic E-state index is -3.21. The number of benzene rings is 1. The second kappa shape index (κ2) is 11.2. The maximum absolute atomic E-state index is 13.6. The molecule has 0 aliphatic heterocycles. The standard InChI is InChI=1S/C17H24FN5O2S.HI/c1-3-20-17(21-7-9-23-8-6-19-13-23)22-11-15-10-16(18)5-4-14(15)12-26(2,24)25;/h4-6,8,10,13H,3,7,9,11-12H2,1-2H3,(H2,20,21,22);1H. The molecule has 0 radical (unpaired) electrons. The van der Waals surface area contributed by atoms with Crippen LogP contribution < -0.4 is 10.6 Å². The van der Waals surface area contributed by atoms with Crippen molar-refractivity contribution in [3.05, 3.63) is 53.9 Å². The summed E-state index contributed by atoms with van der Waals surface area (Å²) in [5, 5.41) is 6.31. The molecule has 0 fully saturated rings. The number of imidazole rings is 1. The average Bonchev–Trinajstić information content (AvgIpc) is 3.07. The first-order valence-electron chi connectivity index (χ1n) is 8.30. The lowest BCUT2D eigenvalue weighted by Crippen LogP contribution is -2.38. The van der Waals surface area contributed by atoms with Crippen molar-refractivity contribution in [2.45, 2.75) is 25.8 Å². The molecule has 27 heavy (non-hydrogen) atoms. The first-order valence-corrected chi connectivity index (χ1v) is 10.4. The molecule has 2 N–H and O–H groups in total. The van der Waals surface area contributed by atoms with E-state index in [1.54, 1.807) is 12.5 Å². The number of halogens is 2. The Morgan fingerprint density at radius 1 is 1.30 bits per heavy atom. The fourth-order valence-electron chi connectivity index (χ4n) is 2.39. The second-order valence-corrected chi connectivity index (χ2v) is 8.05. The van der Waals surface area contributed by atoms with Crippen LogP contribution in [0.15, 0.2) is 41.9 Å². The third-order valence-corrected chi connectivity index (χ3v) is 4.39. The number of sulfone groups is 1. The lowest BCUT2D eigenvalue weighted by atomic mass is 10.1. The summed E-state index contributed by atoms with van der Waals surface area (Å²) < 4.78 is 38.7. The molecule has 0 saturated carbocycles. The van der Waals surface area contributed by atoms with Gasteiger partial charge in [0.1, 0.15) is 5.82 Å². The Labute approximate surface area is 176 Å². The number of nitrogens with one attached hydrogen (secondary N) is 2. The Kier molecular flexibility index (Phi) is 9.70. The van der Waals surface area contributed by atoms with Gasteiger partial charge in [-0.15, -0.1) is 24.0 Å². The molecular weight excluding hydrogens is 484 g/mol.